The molecule has 28 heavy (non-hydrogen) atoms. The number of rotatable bonds is 3. The number of H-pyrrole nitrogens is 1. The number of carbonyl (C=O) groups excluding carboxylic acids is 1. The Labute approximate surface area is 174 Å². The molecule has 8 heteroatoms. The number of carbonyl (C=O) groups is 1. The summed E-state index contributed by atoms with van der Waals surface area (Å²) in [5.41, 5.74) is 3.30. The van der Waals surface area contributed by atoms with E-state index in [1.165, 1.54) is 11.8 Å². The summed E-state index contributed by atoms with van der Waals surface area (Å²) in [5.74, 6) is 1.62. The van der Waals surface area contributed by atoms with Crippen LogP contribution in [0.2, 0.25) is 0 Å². The average molecular weight is 426 g/mol. The second kappa shape index (κ2) is 7.35. The summed E-state index contributed by atoms with van der Waals surface area (Å²) in [5, 5.41) is 0.507. The Balaban J connectivity index is 1.43. The third kappa shape index (κ3) is 3.15. The first kappa shape index (κ1) is 17.9. The van der Waals surface area contributed by atoms with Gasteiger partial charge in [-0.15, -0.1) is 0 Å². The second-order valence-electron chi connectivity index (χ2n) is 6.34. The second-order valence-corrected chi connectivity index (χ2v) is 9.38. The van der Waals surface area contributed by atoms with E-state index in [0.29, 0.717) is 10.9 Å². The number of aromatic amines is 1. The van der Waals surface area contributed by atoms with Crippen LogP contribution in [-0.4, -0.2) is 21.6 Å². The number of hydrogen-bond donors (Lipinski definition) is 1. The van der Waals surface area contributed by atoms with Crippen LogP contribution in [0, 0.1) is 0 Å². The maximum Gasteiger partial charge on any atom is 0.255 e. The summed E-state index contributed by atoms with van der Waals surface area (Å²) in [4.78, 5) is 36.6. The minimum Gasteiger partial charge on any atom is -0.301 e. The zero-order chi connectivity index (χ0) is 19.1. The average Bonchev–Trinajstić information content (AvgIpc) is 3.19. The van der Waals surface area contributed by atoms with Crippen LogP contribution in [0.1, 0.15) is 11.3 Å². The Morgan fingerprint density at radius 1 is 1.07 bits per heavy atom. The summed E-state index contributed by atoms with van der Waals surface area (Å²) in [7, 11) is 0. The normalized spacial score (nSPS) is 14.4. The van der Waals surface area contributed by atoms with E-state index in [4.69, 9.17) is 0 Å². The summed E-state index contributed by atoms with van der Waals surface area (Å²) < 4.78 is 0. The molecule has 0 saturated heterocycles. The van der Waals surface area contributed by atoms with Gasteiger partial charge in [-0.25, -0.2) is 4.98 Å². The van der Waals surface area contributed by atoms with Crippen LogP contribution >= 0.6 is 35.3 Å². The highest BCUT2D eigenvalue weighted by atomic mass is 32.2. The van der Waals surface area contributed by atoms with Crippen LogP contribution in [0.5, 0.6) is 0 Å². The van der Waals surface area contributed by atoms with Crippen molar-refractivity contribution in [1.29, 1.82) is 0 Å². The number of hydrogen-bond acceptors (Lipinski definition) is 6. The fourth-order valence-corrected chi connectivity index (χ4v) is 6.10. The van der Waals surface area contributed by atoms with Gasteiger partial charge in [0, 0.05) is 26.9 Å². The molecule has 0 unspecified atom stereocenters. The molecule has 0 bridgehead atoms. The van der Waals surface area contributed by atoms with Crippen molar-refractivity contribution < 1.29 is 4.79 Å². The van der Waals surface area contributed by atoms with Crippen LogP contribution in [0.15, 0.2) is 68.3 Å². The van der Waals surface area contributed by atoms with Crippen molar-refractivity contribution in [2.45, 2.75) is 26.5 Å². The third-order valence-corrected chi connectivity index (χ3v) is 7.54. The molecule has 0 radical (unpaired) electrons. The molecule has 1 N–H and O–H groups in total. The first-order valence-corrected chi connectivity index (χ1v) is 11.7. The summed E-state index contributed by atoms with van der Waals surface area (Å²) in [6.45, 7) is 0. The van der Waals surface area contributed by atoms with Crippen molar-refractivity contribution in [2.24, 2.45) is 0 Å². The molecule has 140 valence electrons. The van der Waals surface area contributed by atoms with Crippen molar-refractivity contribution in [2.75, 3.05) is 10.7 Å². The predicted octanol–water partition coefficient (Wildman–Crippen LogP) is 4.44. The van der Waals surface area contributed by atoms with Gasteiger partial charge in [-0.05, 0) is 24.3 Å². The number of anilines is 2. The molecule has 0 fully saturated rings. The van der Waals surface area contributed by atoms with Gasteiger partial charge in [0.15, 0.2) is 5.16 Å². The lowest BCUT2D eigenvalue weighted by atomic mass is 10.2. The van der Waals surface area contributed by atoms with E-state index in [1.54, 1.807) is 28.4 Å². The fourth-order valence-electron chi connectivity index (χ4n) is 3.28. The van der Waals surface area contributed by atoms with E-state index >= 15 is 0 Å². The number of thioether (sulfide) groups is 2. The first-order valence-electron chi connectivity index (χ1n) is 8.72. The van der Waals surface area contributed by atoms with Crippen LogP contribution < -0.4 is 10.5 Å². The van der Waals surface area contributed by atoms with Crippen LogP contribution in [0.3, 0.4) is 0 Å². The molecule has 3 aromatic rings. The molecule has 5 rings (SSSR count). The quantitative estimate of drug-likeness (QED) is 0.494. The van der Waals surface area contributed by atoms with Crippen molar-refractivity contribution in [3.63, 3.8) is 0 Å². The Morgan fingerprint density at radius 3 is 2.46 bits per heavy atom. The molecule has 0 saturated carbocycles. The van der Waals surface area contributed by atoms with E-state index in [0.717, 1.165) is 38.2 Å². The van der Waals surface area contributed by atoms with E-state index in [2.05, 4.69) is 9.97 Å². The van der Waals surface area contributed by atoms with Crippen molar-refractivity contribution in [1.82, 2.24) is 9.97 Å². The molecule has 0 atom stereocenters. The van der Waals surface area contributed by atoms with Gasteiger partial charge in [-0.1, -0.05) is 47.8 Å². The number of fused-ring (bicyclic) bond motifs is 3. The van der Waals surface area contributed by atoms with Crippen molar-refractivity contribution in [3.8, 4) is 0 Å². The first-order chi connectivity index (χ1) is 13.7. The van der Waals surface area contributed by atoms with Crippen molar-refractivity contribution in [3.05, 3.63) is 70.1 Å². The topological polar surface area (TPSA) is 66.1 Å². The summed E-state index contributed by atoms with van der Waals surface area (Å²) >= 11 is 4.64. The lowest BCUT2D eigenvalue weighted by Crippen LogP contribution is -2.30. The van der Waals surface area contributed by atoms with Gasteiger partial charge >= 0.3 is 0 Å². The highest BCUT2D eigenvalue weighted by Crippen LogP contribution is 2.48. The van der Waals surface area contributed by atoms with Gasteiger partial charge in [-0.3, -0.25) is 14.5 Å². The molecule has 1 amide bonds. The lowest BCUT2D eigenvalue weighted by Gasteiger charge is -2.30. The molecule has 2 aliphatic heterocycles. The highest BCUT2D eigenvalue weighted by molar-refractivity contribution is 8.00. The van der Waals surface area contributed by atoms with Gasteiger partial charge in [0.2, 0.25) is 5.91 Å². The van der Waals surface area contributed by atoms with Gasteiger partial charge in [-0.2, -0.15) is 11.8 Å². The lowest BCUT2D eigenvalue weighted by molar-refractivity contribution is -0.115. The SMILES string of the molecule is O=C(CSc1nc2c(c(=O)[nH]1)CSC2)N1c2ccccc2Sc2ccccc21. The monoisotopic (exact) mass is 425 g/mol. The minimum absolute atomic E-state index is 0.0391. The van der Waals surface area contributed by atoms with E-state index < -0.39 is 0 Å². The Morgan fingerprint density at radius 2 is 1.75 bits per heavy atom. The molecule has 3 heterocycles. The molecule has 0 spiro atoms. The molecular formula is C20H15N3O2S3. The van der Waals surface area contributed by atoms with Crippen LogP contribution in [-0.2, 0) is 16.3 Å². The maximum absolute atomic E-state index is 13.2. The molecule has 0 aliphatic carbocycles. The number of nitrogens with one attached hydrogen (secondary N) is 1. The van der Waals surface area contributed by atoms with E-state index in [-0.39, 0.29) is 17.2 Å². The summed E-state index contributed by atoms with van der Waals surface area (Å²) in [6.07, 6.45) is 0. The number of para-hydroxylation sites is 2. The molecule has 5 nitrogen and oxygen atoms in total. The minimum atomic E-state index is -0.0880. The zero-order valence-corrected chi connectivity index (χ0v) is 17.1. The molecule has 1 aromatic heterocycles. The summed E-state index contributed by atoms with van der Waals surface area (Å²) in [6, 6.07) is 15.8. The van der Waals surface area contributed by atoms with Crippen LogP contribution in [0.4, 0.5) is 11.4 Å². The Bertz CT molecular complexity index is 1100. The Kier molecular flexibility index (Phi) is 4.70. The predicted molar refractivity (Wildman–Crippen MR) is 115 cm³/mol. The largest absolute Gasteiger partial charge is 0.301 e. The van der Waals surface area contributed by atoms with Gasteiger partial charge in [0.25, 0.3) is 5.56 Å². The molecule has 2 aromatic carbocycles. The number of benzene rings is 2. The fraction of sp³-hybridized carbons (Fsp3) is 0.150. The van der Waals surface area contributed by atoms with Crippen molar-refractivity contribution >= 4 is 52.6 Å². The van der Waals surface area contributed by atoms with E-state index in [9.17, 15) is 9.59 Å². The number of amides is 1. The number of nitrogens with zero attached hydrogens (tertiary/aromatic N) is 2. The zero-order valence-electron chi connectivity index (χ0n) is 14.7. The van der Waals surface area contributed by atoms with Gasteiger partial charge < -0.3 is 4.98 Å². The molecule has 2 aliphatic rings. The van der Waals surface area contributed by atoms with Gasteiger partial charge in [0.1, 0.15) is 0 Å². The highest BCUT2D eigenvalue weighted by Gasteiger charge is 2.28. The van der Waals surface area contributed by atoms with Crippen LogP contribution in [0.25, 0.3) is 0 Å². The Hall–Kier alpha value is -2.16. The standard InChI is InChI=1S/C20H15N3O2S3/c24-18(11-27-20-21-13-10-26-9-12(13)19(25)22-20)23-14-5-1-3-7-16(14)28-17-8-4-2-6-15(17)23/h1-8H,9-11H2,(H,21,22,25). The third-order valence-electron chi connectivity index (χ3n) is 4.58. The van der Waals surface area contributed by atoms with E-state index in [1.807, 2.05) is 48.5 Å². The number of aromatic nitrogens is 2. The smallest absolute Gasteiger partial charge is 0.255 e. The maximum atomic E-state index is 13.2. The molecular weight excluding hydrogens is 410 g/mol. The van der Waals surface area contributed by atoms with Gasteiger partial charge in [0.05, 0.1) is 22.8 Å².